The highest BCUT2D eigenvalue weighted by Gasteiger charge is 2.07. The molecule has 0 spiro atoms. The van der Waals surface area contributed by atoms with Crippen molar-refractivity contribution in [3.8, 4) is 0 Å². The molecule has 0 bridgehead atoms. The summed E-state index contributed by atoms with van der Waals surface area (Å²) in [4.78, 5) is 0. The number of unbranched alkanes of at least 4 members (excludes halogenated alkanes) is 2. The number of hydrogen-bond acceptors (Lipinski definition) is 3. The van der Waals surface area contributed by atoms with E-state index < -0.39 is 0 Å². The van der Waals surface area contributed by atoms with Gasteiger partial charge in [-0.2, -0.15) is 11.8 Å². The molecule has 0 radical (unpaired) electrons. The Bertz CT molecular complexity index is 285. The van der Waals surface area contributed by atoms with Crippen LogP contribution in [0.25, 0.3) is 0 Å². The average Bonchev–Trinajstić information content (AvgIpc) is 2.70. The molecule has 1 rings (SSSR count). The van der Waals surface area contributed by atoms with Gasteiger partial charge in [0.1, 0.15) is 11.5 Å². The highest BCUT2D eigenvalue weighted by Crippen LogP contribution is 2.15. The quantitative estimate of drug-likeness (QED) is 0.701. The molecule has 1 aromatic rings. The molecule has 0 amide bonds. The minimum Gasteiger partial charge on any atom is -0.465 e. The van der Waals surface area contributed by atoms with E-state index in [1.54, 1.807) is 0 Å². The first-order valence-electron chi connectivity index (χ1n) is 6.02. The maximum absolute atomic E-state index is 5.58. The van der Waals surface area contributed by atoms with Crippen molar-refractivity contribution in [3.63, 3.8) is 0 Å². The lowest BCUT2D eigenvalue weighted by Crippen LogP contribution is -2.19. The van der Waals surface area contributed by atoms with Crippen LogP contribution in [0.5, 0.6) is 0 Å². The zero-order chi connectivity index (χ0) is 11.8. The molecule has 92 valence electrons. The highest BCUT2D eigenvalue weighted by molar-refractivity contribution is 7.98. The van der Waals surface area contributed by atoms with Gasteiger partial charge in [-0.3, -0.25) is 0 Å². The maximum atomic E-state index is 5.58. The third kappa shape index (κ3) is 5.08. The lowest BCUT2D eigenvalue weighted by Gasteiger charge is -2.10. The number of thioether (sulfide) groups is 1. The monoisotopic (exact) mass is 241 g/mol. The Morgan fingerprint density at radius 1 is 1.31 bits per heavy atom. The Labute approximate surface area is 103 Å². The molecule has 1 atom stereocenters. The number of aryl methyl sites for hydroxylation is 1. The van der Waals surface area contributed by atoms with Crippen molar-refractivity contribution in [2.75, 3.05) is 18.6 Å². The number of hydrogen-bond donors (Lipinski definition) is 1. The first kappa shape index (κ1) is 13.7. The summed E-state index contributed by atoms with van der Waals surface area (Å²) >= 11 is 1.93. The summed E-state index contributed by atoms with van der Waals surface area (Å²) in [5, 5.41) is 3.49. The lowest BCUT2D eigenvalue weighted by atomic mass is 10.2. The molecular formula is C13H23NOS. The van der Waals surface area contributed by atoms with Crippen LogP contribution in [0.1, 0.15) is 43.7 Å². The molecule has 1 aromatic heterocycles. The summed E-state index contributed by atoms with van der Waals surface area (Å²) in [6.07, 6.45) is 6.07. The zero-order valence-electron chi connectivity index (χ0n) is 10.6. The van der Waals surface area contributed by atoms with Crippen molar-refractivity contribution < 1.29 is 4.42 Å². The molecule has 2 nitrogen and oxygen atoms in total. The molecule has 1 heterocycles. The van der Waals surface area contributed by atoms with Crippen LogP contribution in [0, 0.1) is 6.92 Å². The van der Waals surface area contributed by atoms with Gasteiger partial charge in [-0.25, -0.2) is 0 Å². The van der Waals surface area contributed by atoms with Gasteiger partial charge < -0.3 is 9.73 Å². The summed E-state index contributed by atoms with van der Waals surface area (Å²) in [7, 11) is 0. The van der Waals surface area contributed by atoms with Crippen molar-refractivity contribution >= 4 is 11.8 Å². The minimum atomic E-state index is 0.328. The van der Waals surface area contributed by atoms with Crippen LogP contribution in [0.2, 0.25) is 0 Å². The van der Waals surface area contributed by atoms with Crippen LogP contribution < -0.4 is 5.32 Å². The van der Waals surface area contributed by atoms with Crippen LogP contribution in [0.4, 0.5) is 0 Å². The summed E-state index contributed by atoms with van der Waals surface area (Å²) in [5.41, 5.74) is 0. The molecule has 0 aliphatic heterocycles. The van der Waals surface area contributed by atoms with E-state index in [-0.39, 0.29) is 0 Å². The second kappa shape index (κ2) is 7.80. The van der Waals surface area contributed by atoms with Crippen molar-refractivity contribution in [1.29, 1.82) is 0 Å². The second-order valence-electron chi connectivity index (χ2n) is 4.18. The summed E-state index contributed by atoms with van der Waals surface area (Å²) in [6.45, 7) is 5.22. The molecule has 16 heavy (non-hydrogen) atoms. The summed E-state index contributed by atoms with van der Waals surface area (Å²) in [6, 6.07) is 4.40. The number of nitrogens with one attached hydrogen (secondary N) is 1. The summed E-state index contributed by atoms with van der Waals surface area (Å²) < 4.78 is 5.58. The Kier molecular flexibility index (Phi) is 6.65. The Morgan fingerprint density at radius 2 is 2.12 bits per heavy atom. The van der Waals surface area contributed by atoms with Gasteiger partial charge in [0, 0.05) is 0 Å². The fourth-order valence-corrected chi connectivity index (χ4v) is 2.15. The van der Waals surface area contributed by atoms with Gasteiger partial charge in [0.25, 0.3) is 0 Å². The van der Waals surface area contributed by atoms with Gasteiger partial charge in [0.05, 0.1) is 6.04 Å². The lowest BCUT2D eigenvalue weighted by molar-refractivity contribution is 0.413. The van der Waals surface area contributed by atoms with Crippen molar-refractivity contribution in [1.82, 2.24) is 5.32 Å². The Balaban J connectivity index is 2.09. The van der Waals surface area contributed by atoms with Crippen LogP contribution in [-0.4, -0.2) is 18.6 Å². The smallest absolute Gasteiger partial charge is 0.120 e. The van der Waals surface area contributed by atoms with Crippen LogP contribution in [-0.2, 0) is 0 Å². The Morgan fingerprint density at radius 3 is 2.75 bits per heavy atom. The predicted molar refractivity (Wildman–Crippen MR) is 72.1 cm³/mol. The van der Waals surface area contributed by atoms with Crippen molar-refractivity contribution in [2.24, 2.45) is 0 Å². The fourth-order valence-electron chi connectivity index (χ4n) is 1.65. The molecule has 0 aliphatic rings. The zero-order valence-corrected chi connectivity index (χ0v) is 11.4. The third-order valence-electron chi connectivity index (χ3n) is 2.66. The third-order valence-corrected chi connectivity index (χ3v) is 3.36. The molecular weight excluding hydrogens is 218 g/mol. The van der Waals surface area contributed by atoms with Gasteiger partial charge in [0.15, 0.2) is 0 Å². The van der Waals surface area contributed by atoms with Gasteiger partial charge in [-0.05, 0) is 57.4 Å². The topological polar surface area (TPSA) is 25.2 Å². The average molecular weight is 241 g/mol. The number of rotatable bonds is 8. The normalized spacial score (nSPS) is 12.9. The van der Waals surface area contributed by atoms with Crippen molar-refractivity contribution in [2.45, 2.75) is 39.2 Å². The van der Waals surface area contributed by atoms with Crippen LogP contribution >= 0.6 is 11.8 Å². The first-order chi connectivity index (χ1) is 7.74. The van der Waals surface area contributed by atoms with Crippen LogP contribution in [0.15, 0.2) is 16.5 Å². The van der Waals surface area contributed by atoms with E-state index in [1.165, 1.54) is 25.0 Å². The van der Waals surface area contributed by atoms with Gasteiger partial charge in [-0.15, -0.1) is 0 Å². The van der Waals surface area contributed by atoms with E-state index in [0.717, 1.165) is 18.1 Å². The van der Waals surface area contributed by atoms with E-state index >= 15 is 0 Å². The summed E-state index contributed by atoms with van der Waals surface area (Å²) in [5.74, 6) is 3.32. The number of furan rings is 1. The Hall–Kier alpha value is -0.410. The maximum Gasteiger partial charge on any atom is 0.120 e. The highest BCUT2D eigenvalue weighted by atomic mass is 32.2. The standard InChI is InChI=1S/C13H23NOS/c1-11-7-8-13(15-11)12(2)14-9-5-4-6-10-16-3/h7-8,12,14H,4-6,9-10H2,1-3H3. The molecule has 1 unspecified atom stereocenters. The van der Waals surface area contributed by atoms with E-state index in [9.17, 15) is 0 Å². The molecule has 0 saturated heterocycles. The van der Waals surface area contributed by atoms with E-state index in [0.29, 0.717) is 6.04 Å². The van der Waals surface area contributed by atoms with Gasteiger partial charge in [0.2, 0.25) is 0 Å². The SMILES string of the molecule is CSCCCCCNC(C)c1ccc(C)o1. The van der Waals surface area contributed by atoms with Crippen LogP contribution in [0.3, 0.4) is 0 Å². The molecule has 3 heteroatoms. The van der Waals surface area contributed by atoms with E-state index in [1.807, 2.05) is 24.8 Å². The van der Waals surface area contributed by atoms with E-state index in [2.05, 4.69) is 24.6 Å². The molecule has 0 fully saturated rings. The predicted octanol–water partition coefficient (Wildman–Crippen LogP) is 3.77. The molecule has 1 N–H and O–H groups in total. The largest absolute Gasteiger partial charge is 0.465 e. The molecule has 0 saturated carbocycles. The molecule has 0 aromatic carbocycles. The molecule has 0 aliphatic carbocycles. The van der Waals surface area contributed by atoms with E-state index in [4.69, 9.17) is 4.42 Å². The minimum absolute atomic E-state index is 0.328. The van der Waals surface area contributed by atoms with Gasteiger partial charge in [-0.1, -0.05) is 6.42 Å². The first-order valence-corrected chi connectivity index (χ1v) is 7.42. The van der Waals surface area contributed by atoms with Crippen molar-refractivity contribution in [3.05, 3.63) is 23.7 Å². The second-order valence-corrected chi connectivity index (χ2v) is 5.16. The van der Waals surface area contributed by atoms with Gasteiger partial charge >= 0.3 is 0 Å². The fraction of sp³-hybridized carbons (Fsp3) is 0.692.